The van der Waals surface area contributed by atoms with Crippen molar-refractivity contribution in [3.63, 3.8) is 0 Å². The summed E-state index contributed by atoms with van der Waals surface area (Å²) in [5, 5.41) is 13.3. The second-order valence-electron chi connectivity index (χ2n) is 6.43. The molecule has 5 atom stereocenters. The summed E-state index contributed by atoms with van der Waals surface area (Å²) in [6.45, 7) is 3.60. The van der Waals surface area contributed by atoms with Gasteiger partial charge in [-0.05, 0) is 5.56 Å². The Kier molecular flexibility index (Phi) is 7.91. The SMILES string of the molecule is CC(=O)NC1C(OCc2ccccc2)OC(COC(C)=O)C(OC(C)=O)C1O. The largest absolute Gasteiger partial charge is 0.463 e. The van der Waals surface area contributed by atoms with Gasteiger partial charge in [-0.1, -0.05) is 30.3 Å². The molecule has 1 amide bonds. The summed E-state index contributed by atoms with van der Waals surface area (Å²) < 4.78 is 21.7. The highest BCUT2D eigenvalue weighted by atomic mass is 16.7. The summed E-state index contributed by atoms with van der Waals surface area (Å²) in [5.74, 6) is -1.61. The number of carbonyl (C=O) groups is 3. The Morgan fingerprint density at radius 1 is 1.11 bits per heavy atom. The van der Waals surface area contributed by atoms with Crippen molar-refractivity contribution in [2.45, 2.75) is 58.0 Å². The Hall–Kier alpha value is -2.49. The maximum Gasteiger partial charge on any atom is 0.303 e. The Bertz CT molecular complexity index is 678. The van der Waals surface area contributed by atoms with Crippen molar-refractivity contribution in [1.82, 2.24) is 5.32 Å². The Labute approximate surface area is 162 Å². The molecule has 9 heteroatoms. The standard InChI is InChI=1S/C19H25NO8/c1-11(21)20-16-17(24)18(27-13(3)23)15(10-25-12(2)22)28-19(16)26-9-14-7-5-4-6-8-14/h4-8,15-19,24H,9-10H2,1-3H3,(H,20,21). The number of esters is 2. The first-order valence-corrected chi connectivity index (χ1v) is 8.84. The van der Waals surface area contributed by atoms with E-state index >= 15 is 0 Å². The van der Waals surface area contributed by atoms with Crippen molar-refractivity contribution in [2.75, 3.05) is 6.61 Å². The van der Waals surface area contributed by atoms with E-state index in [1.807, 2.05) is 30.3 Å². The van der Waals surface area contributed by atoms with Gasteiger partial charge in [0.15, 0.2) is 12.4 Å². The highest BCUT2D eigenvalue weighted by Gasteiger charge is 2.48. The number of aliphatic hydroxyl groups is 1. The lowest BCUT2D eigenvalue weighted by molar-refractivity contribution is -0.277. The van der Waals surface area contributed by atoms with E-state index in [1.54, 1.807) is 0 Å². The van der Waals surface area contributed by atoms with Crippen LogP contribution in [0.15, 0.2) is 30.3 Å². The molecule has 1 aromatic rings. The van der Waals surface area contributed by atoms with E-state index in [1.165, 1.54) is 20.8 Å². The number of carbonyl (C=O) groups excluding carboxylic acids is 3. The van der Waals surface area contributed by atoms with Crippen molar-refractivity contribution in [1.29, 1.82) is 0 Å². The fourth-order valence-electron chi connectivity index (χ4n) is 2.87. The number of ether oxygens (including phenoxy) is 4. The predicted molar refractivity (Wildman–Crippen MR) is 95.7 cm³/mol. The molecule has 0 aliphatic carbocycles. The first-order chi connectivity index (χ1) is 13.3. The van der Waals surface area contributed by atoms with Crippen LogP contribution in [0.25, 0.3) is 0 Å². The molecular weight excluding hydrogens is 370 g/mol. The molecule has 2 N–H and O–H groups in total. The number of hydrogen-bond acceptors (Lipinski definition) is 8. The number of aliphatic hydroxyl groups excluding tert-OH is 1. The molecule has 1 saturated heterocycles. The second-order valence-corrected chi connectivity index (χ2v) is 6.43. The van der Waals surface area contributed by atoms with E-state index in [4.69, 9.17) is 18.9 Å². The Balaban J connectivity index is 2.19. The van der Waals surface area contributed by atoms with Crippen LogP contribution in [0.3, 0.4) is 0 Å². The third kappa shape index (κ3) is 6.29. The van der Waals surface area contributed by atoms with Gasteiger partial charge in [-0.25, -0.2) is 0 Å². The molecule has 154 valence electrons. The maximum atomic E-state index is 11.6. The van der Waals surface area contributed by atoms with Gasteiger partial charge in [-0.3, -0.25) is 14.4 Å². The molecule has 1 aliphatic rings. The van der Waals surface area contributed by atoms with E-state index in [2.05, 4.69) is 5.32 Å². The topological polar surface area (TPSA) is 120 Å². The van der Waals surface area contributed by atoms with Crippen LogP contribution in [-0.4, -0.2) is 60.2 Å². The van der Waals surface area contributed by atoms with Crippen molar-refractivity contribution >= 4 is 17.8 Å². The van der Waals surface area contributed by atoms with Crippen LogP contribution in [0.4, 0.5) is 0 Å². The maximum absolute atomic E-state index is 11.6. The van der Waals surface area contributed by atoms with Crippen molar-refractivity contribution in [2.24, 2.45) is 0 Å². The van der Waals surface area contributed by atoms with Gasteiger partial charge in [-0.15, -0.1) is 0 Å². The van der Waals surface area contributed by atoms with Crippen LogP contribution in [0.1, 0.15) is 26.3 Å². The predicted octanol–water partition coefficient (Wildman–Crippen LogP) is 0.289. The molecule has 0 saturated carbocycles. The summed E-state index contributed by atoms with van der Waals surface area (Å²) in [7, 11) is 0. The van der Waals surface area contributed by atoms with Gasteiger partial charge < -0.3 is 29.4 Å². The average Bonchev–Trinajstić information content (AvgIpc) is 2.63. The van der Waals surface area contributed by atoms with Crippen LogP contribution in [0, 0.1) is 0 Å². The zero-order valence-electron chi connectivity index (χ0n) is 16.0. The first-order valence-electron chi connectivity index (χ1n) is 8.84. The monoisotopic (exact) mass is 395 g/mol. The molecule has 1 aromatic carbocycles. The zero-order valence-corrected chi connectivity index (χ0v) is 16.0. The van der Waals surface area contributed by atoms with E-state index in [0.29, 0.717) is 0 Å². The second kappa shape index (κ2) is 10.2. The molecule has 1 aliphatic heterocycles. The Morgan fingerprint density at radius 2 is 1.79 bits per heavy atom. The molecule has 0 bridgehead atoms. The lowest BCUT2D eigenvalue weighted by atomic mass is 9.96. The molecule has 0 spiro atoms. The molecule has 2 rings (SSSR count). The lowest BCUT2D eigenvalue weighted by Crippen LogP contribution is -2.65. The minimum Gasteiger partial charge on any atom is -0.463 e. The molecular formula is C19H25NO8. The first kappa shape index (κ1) is 21.8. The van der Waals surface area contributed by atoms with Crippen molar-refractivity contribution in [3.8, 4) is 0 Å². The number of nitrogens with one attached hydrogen (secondary N) is 1. The van der Waals surface area contributed by atoms with E-state index in [0.717, 1.165) is 5.56 Å². The molecule has 0 aromatic heterocycles. The number of hydrogen-bond donors (Lipinski definition) is 2. The van der Waals surface area contributed by atoms with Crippen LogP contribution in [0.2, 0.25) is 0 Å². The van der Waals surface area contributed by atoms with Gasteiger partial charge >= 0.3 is 11.9 Å². The molecule has 28 heavy (non-hydrogen) atoms. The number of rotatable bonds is 7. The lowest BCUT2D eigenvalue weighted by Gasteiger charge is -2.43. The van der Waals surface area contributed by atoms with Gasteiger partial charge in [0.05, 0.1) is 6.61 Å². The van der Waals surface area contributed by atoms with E-state index in [9.17, 15) is 19.5 Å². The van der Waals surface area contributed by atoms with Gasteiger partial charge in [0, 0.05) is 20.8 Å². The minimum atomic E-state index is -1.33. The van der Waals surface area contributed by atoms with E-state index in [-0.39, 0.29) is 13.2 Å². The van der Waals surface area contributed by atoms with Gasteiger partial charge in [0.25, 0.3) is 0 Å². The van der Waals surface area contributed by atoms with Gasteiger partial charge in [0.2, 0.25) is 5.91 Å². The van der Waals surface area contributed by atoms with E-state index < -0.39 is 48.5 Å². The average molecular weight is 395 g/mol. The highest BCUT2D eigenvalue weighted by Crippen LogP contribution is 2.26. The quantitative estimate of drug-likeness (QED) is 0.632. The summed E-state index contributed by atoms with van der Waals surface area (Å²) in [5.41, 5.74) is 0.862. The summed E-state index contributed by atoms with van der Waals surface area (Å²) >= 11 is 0. The molecule has 0 radical (unpaired) electrons. The summed E-state index contributed by atoms with van der Waals surface area (Å²) in [4.78, 5) is 34.2. The van der Waals surface area contributed by atoms with Crippen LogP contribution >= 0.6 is 0 Å². The van der Waals surface area contributed by atoms with Crippen LogP contribution < -0.4 is 5.32 Å². The normalized spacial score (nSPS) is 26.9. The summed E-state index contributed by atoms with van der Waals surface area (Å²) in [6.07, 6.45) is -4.49. The highest BCUT2D eigenvalue weighted by molar-refractivity contribution is 5.73. The van der Waals surface area contributed by atoms with Gasteiger partial charge in [0.1, 0.15) is 24.9 Å². The zero-order chi connectivity index (χ0) is 20.7. The summed E-state index contributed by atoms with van der Waals surface area (Å²) in [6, 6.07) is 8.28. The smallest absolute Gasteiger partial charge is 0.303 e. The fraction of sp³-hybridized carbons (Fsp3) is 0.526. The molecule has 5 unspecified atom stereocenters. The molecule has 1 fully saturated rings. The number of benzene rings is 1. The third-order valence-corrected chi connectivity index (χ3v) is 4.05. The molecule has 1 heterocycles. The van der Waals surface area contributed by atoms with Crippen LogP contribution in [0.5, 0.6) is 0 Å². The third-order valence-electron chi connectivity index (χ3n) is 4.05. The van der Waals surface area contributed by atoms with Crippen molar-refractivity contribution in [3.05, 3.63) is 35.9 Å². The molecule has 9 nitrogen and oxygen atoms in total. The van der Waals surface area contributed by atoms with Crippen LogP contribution in [-0.2, 0) is 39.9 Å². The van der Waals surface area contributed by atoms with Gasteiger partial charge in [-0.2, -0.15) is 0 Å². The fourth-order valence-corrected chi connectivity index (χ4v) is 2.87. The number of amides is 1. The Morgan fingerprint density at radius 3 is 2.36 bits per heavy atom. The van der Waals surface area contributed by atoms with Crippen molar-refractivity contribution < 1.29 is 38.4 Å². The minimum absolute atomic E-state index is 0.160.